The zero-order chi connectivity index (χ0) is 19.8. The van der Waals surface area contributed by atoms with Gasteiger partial charge in [0.2, 0.25) is 0 Å². The number of esters is 3. The fourth-order valence-corrected chi connectivity index (χ4v) is 3.47. The standard InChI is InChI=1S/C19H24O8/c1-10(2)5-16(22)27-18-17-14(13(8-24-18)7-23-11(3)20)6-15(26-12(4)21)19(17)9-25-19/h6,8,10,15,17-18H,5,7,9H2,1-4H3/t15-,17-,18+,19+/m0/s1. The summed E-state index contributed by atoms with van der Waals surface area (Å²) in [4.78, 5) is 34.8. The van der Waals surface area contributed by atoms with Gasteiger partial charge in [-0.25, -0.2) is 0 Å². The summed E-state index contributed by atoms with van der Waals surface area (Å²) in [5, 5.41) is 0. The predicted molar refractivity (Wildman–Crippen MR) is 90.9 cm³/mol. The molecule has 27 heavy (non-hydrogen) atoms. The molecular formula is C19H24O8. The molecule has 0 aromatic heterocycles. The first-order valence-electron chi connectivity index (χ1n) is 8.93. The van der Waals surface area contributed by atoms with Crippen molar-refractivity contribution < 1.29 is 38.1 Å². The monoisotopic (exact) mass is 380 g/mol. The molecule has 1 fully saturated rings. The summed E-state index contributed by atoms with van der Waals surface area (Å²) in [6.45, 7) is 6.83. The first-order chi connectivity index (χ1) is 12.7. The highest BCUT2D eigenvalue weighted by molar-refractivity contribution is 5.70. The maximum Gasteiger partial charge on any atom is 0.309 e. The van der Waals surface area contributed by atoms with Crippen molar-refractivity contribution >= 4 is 17.9 Å². The topological polar surface area (TPSA) is 101 Å². The van der Waals surface area contributed by atoms with Crippen molar-refractivity contribution in [3.63, 3.8) is 0 Å². The van der Waals surface area contributed by atoms with Crippen LogP contribution in [-0.2, 0) is 38.1 Å². The molecule has 3 rings (SSSR count). The summed E-state index contributed by atoms with van der Waals surface area (Å²) in [5.74, 6) is -1.56. The molecule has 2 heterocycles. The van der Waals surface area contributed by atoms with Crippen LogP contribution in [-0.4, -0.2) is 49.1 Å². The quantitative estimate of drug-likeness (QED) is 0.389. The average molecular weight is 380 g/mol. The molecule has 1 saturated heterocycles. The Morgan fingerprint density at radius 3 is 2.48 bits per heavy atom. The molecule has 8 nitrogen and oxygen atoms in total. The lowest BCUT2D eigenvalue weighted by molar-refractivity contribution is -0.186. The number of hydrogen-bond acceptors (Lipinski definition) is 8. The highest BCUT2D eigenvalue weighted by Gasteiger charge is 2.67. The Kier molecular flexibility index (Phi) is 5.28. The van der Waals surface area contributed by atoms with E-state index in [2.05, 4.69) is 0 Å². The Balaban J connectivity index is 1.85. The smallest absolute Gasteiger partial charge is 0.309 e. The van der Waals surface area contributed by atoms with Crippen LogP contribution in [0.4, 0.5) is 0 Å². The molecule has 0 unspecified atom stereocenters. The Morgan fingerprint density at radius 1 is 1.22 bits per heavy atom. The van der Waals surface area contributed by atoms with Gasteiger partial charge in [-0.2, -0.15) is 0 Å². The largest absolute Gasteiger partial charge is 0.461 e. The molecule has 0 aromatic rings. The predicted octanol–water partition coefficient (Wildman–Crippen LogP) is 1.64. The zero-order valence-corrected chi connectivity index (χ0v) is 15.9. The first kappa shape index (κ1) is 19.4. The van der Waals surface area contributed by atoms with E-state index < -0.39 is 35.9 Å². The summed E-state index contributed by atoms with van der Waals surface area (Å²) in [6, 6.07) is 0. The second kappa shape index (κ2) is 7.34. The molecule has 3 aliphatic rings. The van der Waals surface area contributed by atoms with Gasteiger partial charge in [0.05, 0.1) is 18.8 Å². The van der Waals surface area contributed by atoms with Crippen LogP contribution >= 0.6 is 0 Å². The van der Waals surface area contributed by atoms with Gasteiger partial charge >= 0.3 is 17.9 Å². The van der Waals surface area contributed by atoms with Crippen LogP contribution in [0.15, 0.2) is 23.5 Å². The van der Waals surface area contributed by atoms with Crippen LogP contribution in [0.2, 0.25) is 0 Å². The van der Waals surface area contributed by atoms with Crippen LogP contribution in [0.1, 0.15) is 34.1 Å². The van der Waals surface area contributed by atoms with Crippen LogP contribution in [0.5, 0.6) is 0 Å². The molecule has 0 saturated carbocycles. The van der Waals surface area contributed by atoms with Crippen LogP contribution in [0.3, 0.4) is 0 Å². The summed E-state index contributed by atoms with van der Waals surface area (Å²) < 4.78 is 27.4. The van der Waals surface area contributed by atoms with E-state index in [9.17, 15) is 14.4 Å². The van der Waals surface area contributed by atoms with Crippen molar-refractivity contribution in [3.8, 4) is 0 Å². The molecule has 0 bridgehead atoms. The zero-order valence-electron chi connectivity index (χ0n) is 15.9. The minimum Gasteiger partial charge on any atom is -0.461 e. The molecule has 4 atom stereocenters. The second-order valence-corrected chi connectivity index (χ2v) is 7.39. The van der Waals surface area contributed by atoms with Crippen LogP contribution in [0, 0.1) is 11.8 Å². The number of rotatable bonds is 6. The van der Waals surface area contributed by atoms with E-state index in [4.69, 9.17) is 23.7 Å². The molecular weight excluding hydrogens is 356 g/mol. The summed E-state index contributed by atoms with van der Waals surface area (Å²) >= 11 is 0. The van der Waals surface area contributed by atoms with E-state index in [0.717, 1.165) is 5.57 Å². The molecule has 8 heteroatoms. The normalized spacial score (nSPS) is 30.8. The van der Waals surface area contributed by atoms with Crippen molar-refractivity contribution in [2.24, 2.45) is 11.8 Å². The highest BCUT2D eigenvalue weighted by atomic mass is 16.7. The van der Waals surface area contributed by atoms with Gasteiger partial charge in [0.25, 0.3) is 6.29 Å². The van der Waals surface area contributed by atoms with Crippen molar-refractivity contribution in [1.82, 2.24) is 0 Å². The fourth-order valence-electron chi connectivity index (χ4n) is 3.47. The minimum atomic E-state index is -0.897. The van der Waals surface area contributed by atoms with Gasteiger partial charge in [0.1, 0.15) is 12.2 Å². The number of carbonyl (C=O) groups is 3. The number of epoxide rings is 1. The van der Waals surface area contributed by atoms with E-state index in [1.54, 1.807) is 6.08 Å². The first-order valence-corrected chi connectivity index (χ1v) is 8.93. The average Bonchev–Trinajstić information content (AvgIpc) is 3.26. The highest BCUT2D eigenvalue weighted by Crippen LogP contribution is 2.54. The Morgan fingerprint density at radius 2 is 1.93 bits per heavy atom. The van der Waals surface area contributed by atoms with Gasteiger partial charge in [0.15, 0.2) is 6.10 Å². The number of hydrogen-bond donors (Lipinski definition) is 0. The van der Waals surface area contributed by atoms with Crippen molar-refractivity contribution in [3.05, 3.63) is 23.5 Å². The van der Waals surface area contributed by atoms with E-state index in [1.807, 2.05) is 13.8 Å². The van der Waals surface area contributed by atoms with Crippen molar-refractivity contribution in [2.75, 3.05) is 13.2 Å². The van der Waals surface area contributed by atoms with Crippen molar-refractivity contribution in [2.45, 2.75) is 52.1 Å². The van der Waals surface area contributed by atoms with Gasteiger partial charge in [-0.1, -0.05) is 13.8 Å². The van der Waals surface area contributed by atoms with E-state index in [-0.39, 0.29) is 24.9 Å². The van der Waals surface area contributed by atoms with E-state index in [1.165, 1.54) is 20.1 Å². The SMILES string of the molecule is CC(=O)OCC1=CO[C@H](OC(=O)CC(C)C)[C@@H]2C1=C[C@H](OC(C)=O)[C@]21CO1. The van der Waals surface area contributed by atoms with Gasteiger partial charge in [-0.05, 0) is 17.6 Å². The number of carbonyl (C=O) groups excluding carboxylic acids is 3. The molecule has 0 amide bonds. The van der Waals surface area contributed by atoms with Gasteiger partial charge in [-0.15, -0.1) is 0 Å². The molecule has 1 aliphatic carbocycles. The minimum absolute atomic E-state index is 0.00714. The third-order valence-corrected chi connectivity index (χ3v) is 4.69. The molecule has 0 aromatic carbocycles. The maximum absolute atomic E-state index is 12.2. The molecule has 1 spiro atoms. The number of ether oxygens (including phenoxy) is 5. The number of fused-ring (bicyclic) bond motifs is 2. The lowest BCUT2D eigenvalue weighted by Crippen LogP contribution is -2.44. The van der Waals surface area contributed by atoms with E-state index in [0.29, 0.717) is 12.2 Å². The Hall–Kier alpha value is -2.35. The van der Waals surface area contributed by atoms with Gasteiger partial charge in [0, 0.05) is 25.8 Å². The summed E-state index contributed by atoms with van der Waals surface area (Å²) in [5.41, 5.74) is 0.545. The molecule has 148 valence electrons. The van der Waals surface area contributed by atoms with Crippen molar-refractivity contribution in [1.29, 1.82) is 0 Å². The third kappa shape index (κ3) is 4.00. The fraction of sp³-hybridized carbons (Fsp3) is 0.632. The molecule has 2 aliphatic heterocycles. The third-order valence-electron chi connectivity index (χ3n) is 4.69. The maximum atomic E-state index is 12.2. The van der Waals surface area contributed by atoms with Gasteiger partial charge in [-0.3, -0.25) is 14.4 Å². The summed E-state index contributed by atoms with van der Waals surface area (Å²) in [7, 11) is 0. The Labute approximate surface area is 157 Å². The van der Waals surface area contributed by atoms with E-state index >= 15 is 0 Å². The second-order valence-electron chi connectivity index (χ2n) is 7.39. The lowest BCUT2D eigenvalue weighted by atomic mass is 9.85. The van der Waals surface area contributed by atoms with Crippen LogP contribution < -0.4 is 0 Å². The lowest BCUT2D eigenvalue weighted by Gasteiger charge is -2.33. The Bertz CT molecular complexity index is 700. The van der Waals surface area contributed by atoms with Crippen LogP contribution in [0.25, 0.3) is 0 Å². The molecule has 0 N–H and O–H groups in total. The molecule has 0 radical (unpaired) electrons. The van der Waals surface area contributed by atoms with Gasteiger partial charge < -0.3 is 23.7 Å². The summed E-state index contributed by atoms with van der Waals surface area (Å²) in [6.07, 6.45) is 1.93.